The van der Waals surface area contributed by atoms with Crippen molar-refractivity contribution in [3.8, 4) is 0 Å². The molecule has 0 heterocycles. The molecule has 1 aliphatic carbocycles. The number of allylic oxidation sites excluding steroid dienone is 2. The predicted octanol–water partition coefficient (Wildman–Crippen LogP) is 3.22. The Labute approximate surface area is 69.6 Å². The second kappa shape index (κ2) is 4.12. The molecule has 0 spiro atoms. The Balaban J connectivity index is 2.40. The zero-order chi connectivity index (χ0) is 7.40. The van der Waals surface area contributed by atoms with Crippen molar-refractivity contribution in [2.75, 3.05) is 0 Å². The van der Waals surface area contributed by atoms with Gasteiger partial charge in [-0.3, -0.25) is 0 Å². The Morgan fingerprint density at radius 1 is 1.20 bits per heavy atom. The first-order valence-electron chi connectivity index (χ1n) is 3.74. The van der Waals surface area contributed by atoms with Crippen LogP contribution < -0.4 is 0 Å². The van der Waals surface area contributed by atoms with E-state index in [2.05, 4.69) is 28.1 Å². The van der Waals surface area contributed by atoms with Gasteiger partial charge >= 0.3 is 0 Å². The fourth-order valence-electron chi connectivity index (χ4n) is 1.11. The Morgan fingerprint density at radius 3 is 2.50 bits per heavy atom. The summed E-state index contributed by atoms with van der Waals surface area (Å²) in [6.45, 7) is 0. The SMILES string of the molecule is F[C@@H]1CC/C=C\CC[C@H]1Br. The van der Waals surface area contributed by atoms with E-state index in [-0.39, 0.29) is 4.83 Å². The van der Waals surface area contributed by atoms with Crippen LogP contribution in [0.2, 0.25) is 0 Å². The fraction of sp³-hybridized carbons (Fsp3) is 0.750. The molecule has 0 N–H and O–H groups in total. The van der Waals surface area contributed by atoms with Crippen LogP contribution in [0.5, 0.6) is 0 Å². The molecule has 0 amide bonds. The summed E-state index contributed by atoms with van der Waals surface area (Å²) >= 11 is 3.33. The lowest BCUT2D eigenvalue weighted by atomic mass is 10.0. The molecule has 0 aliphatic heterocycles. The van der Waals surface area contributed by atoms with Crippen LogP contribution in [0.15, 0.2) is 12.2 Å². The highest BCUT2D eigenvalue weighted by molar-refractivity contribution is 9.09. The van der Waals surface area contributed by atoms with Crippen molar-refractivity contribution < 1.29 is 4.39 Å². The molecule has 2 atom stereocenters. The van der Waals surface area contributed by atoms with Crippen LogP contribution >= 0.6 is 15.9 Å². The molecule has 0 radical (unpaired) electrons. The average Bonchev–Trinajstić information content (AvgIpc) is 1.92. The molecular weight excluding hydrogens is 195 g/mol. The largest absolute Gasteiger partial charge is 0.246 e. The van der Waals surface area contributed by atoms with E-state index >= 15 is 0 Å². The Morgan fingerprint density at radius 2 is 1.80 bits per heavy atom. The standard InChI is InChI=1S/C8H12BrF/c9-7-5-3-1-2-4-6-8(7)10/h1-2,7-8H,3-6H2/b2-1-/t7-,8-/m1/s1. The van der Waals surface area contributed by atoms with E-state index in [0.717, 1.165) is 19.3 Å². The Bertz CT molecular complexity index is 108. The lowest BCUT2D eigenvalue weighted by molar-refractivity contribution is 0.302. The number of halogens is 2. The van der Waals surface area contributed by atoms with Gasteiger partial charge in [0.2, 0.25) is 0 Å². The van der Waals surface area contributed by atoms with Gasteiger partial charge in [-0.25, -0.2) is 4.39 Å². The normalized spacial score (nSPS) is 38.2. The maximum absolute atomic E-state index is 12.9. The molecule has 1 aliphatic rings. The van der Waals surface area contributed by atoms with Gasteiger partial charge in [-0.1, -0.05) is 28.1 Å². The molecule has 0 nitrogen and oxygen atoms in total. The molecule has 58 valence electrons. The summed E-state index contributed by atoms with van der Waals surface area (Å²) in [5.41, 5.74) is 0. The maximum atomic E-state index is 12.9. The van der Waals surface area contributed by atoms with Gasteiger partial charge in [0.25, 0.3) is 0 Å². The third-order valence-electron chi connectivity index (χ3n) is 1.78. The lowest BCUT2D eigenvalue weighted by Gasteiger charge is -2.14. The monoisotopic (exact) mass is 206 g/mol. The first-order chi connectivity index (χ1) is 4.80. The summed E-state index contributed by atoms with van der Waals surface area (Å²) in [6.07, 6.45) is 7.07. The van der Waals surface area contributed by atoms with Crippen molar-refractivity contribution in [3.63, 3.8) is 0 Å². The zero-order valence-corrected chi connectivity index (χ0v) is 7.48. The third kappa shape index (κ3) is 2.41. The predicted molar refractivity (Wildman–Crippen MR) is 45.2 cm³/mol. The summed E-state index contributed by atoms with van der Waals surface area (Å²) in [5, 5.41) is 0. The first kappa shape index (κ1) is 8.25. The van der Waals surface area contributed by atoms with E-state index in [4.69, 9.17) is 0 Å². The van der Waals surface area contributed by atoms with E-state index in [1.807, 2.05) is 0 Å². The van der Waals surface area contributed by atoms with Gasteiger partial charge in [-0.15, -0.1) is 0 Å². The van der Waals surface area contributed by atoms with Crippen molar-refractivity contribution in [2.24, 2.45) is 0 Å². The molecule has 10 heavy (non-hydrogen) atoms. The van der Waals surface area contributed by atoms with Crippen molar-refractivity contribution in [2.45, 2.75) is 36.7 Å². The number of hydrogen-bond acceptors (Lipinski definition) is 0. The molecule has 0 unspecified atom stereocenters. The molecule has 1 rings (SSSR count). The van der Waals surface area contributed by atoms with Gasteiger partial charge in [-0.05, 0) is 25.7 Å². The minimum atomic E-state index is -0.648. The lowest BCUT2D eigenvalue weighted by Crippen LogP contribution is -2.15. The van der Waals surface area contributed by atoms with Crippen LogP contribution in [0.25, 0.3) is 0 Å². The molecule has 0 aromatic rings. The maximum Gasteiger partial charge on any atom is 0.113 e. The topological polar surface area (TPSA) is 0 Å². The van der Waals surface area contributed by atoms with Crippen LogP contribution in [0, 0.1) is 0 Å². The second-order valence-corrected chi connectivity index (χ2v) is 3.83. The molecule has 0 saturated heterocycles. The summed E-state index contributed by atoms with van der Waals surface area (Å²) in [5.74, 6) is 0. The summed E-state index contributed by atoms with van der Waals surface area (Å²) < 4.78 is 12.9. The fourth-order valence-corrected chi connectivity index (χ4v) is 1.64. The average molecular weight is 207 g/mol. The van der Waals surface area contributed by atoms with Crippen LogP contribution in [0.4, 0.5) is 4.39 Å². The van der Waals surface area contributed by atoms with E-state index in [1.165, 1.54) is 0 Å². The molecule has 0 saturated carbocycles. The second-order valence-electron chi connectivity index (χ2n) is 2.66. The van der Waals surface area contributed by atoms with Crippen molar-refractivity contribution in [1.82, 2.24) is 0 Å². The van der Waals surface area contributed by atoms with Gasteiger partial charge in [-0.2, -0.15) is 0 Å². The molecule has 0 bridgehead atoms. The smallest absolute Gasteiger partial charge is 0.113 e. The van der Waals surface area contributed by atoms with Crippen molar-refractivity contribution in [3.05, 3.63) is 12.2 Å². The minimum Gasteiger partial charge on any atom is -0.246 e. The van der Waals surface area contributed by atoms with Gasteiger partial charge in [0.1, 0.15) is 6.17 Å². The van der Waals surface area contributed by atoms with Crippen LogP contribution in [0.3, 0.4) is 0 Å². The summed E-state index contributed by atoms with van der Waals surface area (Å²) in [6, 6.07) is 0. The van der Waals surface area contributed by atoms with Crippen molar-refractivity contribution in [1.29, 1.82) is 0 Å². The highest BCUT2D eigenvalue weighted by Crippen LogP contribution is 2.22. The molecule has 0 fully saturated rings. The highest BCUT2D eigenvalue weighted by atomic mass is 79.9. The van der Waals surface area contributed by atoms with E-state index in [9.17, 15) is 4.39 Å². The Hall–Kier alpha value is 0.150. The first-order valence-corrected chi connectivity index (χ1v) is 4.65. The number of alkyl halides is 2. The number of hydrogen-bond donors (Lipinski definition) is 0. The van der Waals surface area contributed by atoms with Crippen LogP contribution in [0.1, 0.15) is 25.7 Å². The van der Waals surface area contributed by atoms with Crippen molar-refractivity contribution >= 4 is 15.9 Å². The summed E-state index contributed by atoms with van der Waals surface area (Å²) in [7, 11) is 0. The summed E-state index contributed by atoms with van der Waals surface area (Å²) in [4.78, 5) is 0.0810. The highest BCUT2D eigenvalue weighted by Gasteiger charge is 2.17. The van der Waals surface area contributed by atoms with E-state index < -0.39 is 6.17 Å². The molecule has 0 aromatic carbocycles. The minimum absolute atomic E-state index is 0.0810. The van der Waals surface area contributed by atoms with Gasteiger partial charge in [0.05, 0.1) is 0 Å². The van der Waals surface area contributed by atoms with Gasteiger partial charge < -0.3 is 0 Å². The zero-order valence-electron chi connectivity index (χ0n) is 5.89. The molecule has 2 heteroatoms. The Kier molecular flexibility index (Phi) is 3.40. The van der Waals surface area contributed by atoms with E-state index in [0.29, 0.717) is 6.42 Å². The van der Waals surface area contributed by atoms with Gasteiger partial charge in [0, 0.05) is 4.83 Å². The van der Waals surface area contributed by atoms with Crippen LogP contribution in [-0.4, -0.2) is 11.0 Å². The quantitative estimate of drug-likeness (QED) is 0.422. The van der Waals surface area contributed by atoms with Crippen LogP contribution in [-0.2, 0) is 0 Å². The molecular formula is C8H12BrF. The van der Waals surface area contributed by atoms with Gasteiger partial charge in [0.15, 0.2) is 0 Å². The van der Waals surface area contributed by atoms with E-state index in [1.54, 1.807) is 0 Å². The number of rotatable bonds is 0. The molecule has 0 aromatic heterocycles. The third-order valence-corrected chi connectivity index (χ3v) is 2.81.